The van der Waals surface area contributed by atoms with E-state index in [0.717, 1.165) is 4.47 Å². The van der Waals surface area contributed by atoms with E-state index in [9.17, 15) is 8.42 Å². The molecule has 0 bridgehead atoms. The minimum atomic E-state index is -3.59. The molecule has 0 unspecified atom stereocenters. The number of hydrogen-bond acceptors (Lipinski definition) is 3. The van der Waals surface area contributed by atoms with Gasteiger partial charge in [-0.1, -0.05) is 28.9 Å². The van der Waals surface area contributed by atoms with Crippen molar-refractivity contribution in [2.45, 2.75) is 18.2 Å². The first-order chi connectivity index (χ1) is 9.95. The Bertz CT molecular complexity index is 715. The third-order valence-corrected chi connectivity index (χ3v) is 5.36. The smallest absolute Gasteiger partial charge is 0.264 e. The van der Waals surface area contributed by atoms with Crippen molar-refractivity contribution in [2.75, 3.05) is 16.6 Å². The molecule has 0 aromatic heterocycles. The van der Waals surface area contributed by atoms with E-state index >= 15 is 0 Å². The summed E-state index contributed by atoms with van der Waals surface area (Å²) in [5.74, 6) is 0. The molecule has 0 aliphatic rings. The van der Waals surface area contributed by atoms with Crippen molar-refractivity contribution in [3.63, 3.8) is 0 Å². The molecule has 112 valence electrons. The molecule has 0 aliphatic heterocycles. The molecule has 0 saturated heterocycles. The summed E-state index contributed by atoms with van der Waals surface area (Å²) in [6.07, 6.45) is 0.713. The summed E-state index contributed by atoms with van der Waals surface area (Å²) >= 11 is 3.31. The molecule has 0 fully saturated rings. The Morgan fingerprint density at radius 1 is 1.14 bits per heavy atom. The van der Waals surface area contributed by atoms with Crippen LogP contribution in [0.5, 0.6) is 0 Å². The number of rotatable bonds is 5. The van der Waals surface area contributed by atoms with E-state index in [4.69, 9.17) is 5.73 Å². The summed E-state index contributed by atoms with van der Waals surface area (Å²) in [7, 11) is -3.59. The molecule has 2 aromatic carbocycles. The van der Waals surface area contributed by atoms with Crippen LogP contribution in [0, 0.1) is 0 Å². The van der Waals surface area contributed by atoms with E-state index in [1.807, 2.05) is 6.92 Å². The minimum absolute atomic E-state index is 0.265. The Balaban J connectivity index is 2.48. The van der Waals surface area contributed by atoms with Crippen molar-refractivity contribution in [2.24, 2.45) is 0 Å². The fourth-order valence-electron chi connectivity index (χ4n) is 2.00. The van der Waals surface area contributed by atoms with E-state index in [-0.39, 0.29) is 4.90 Å². The molecule has 0 spiro atoms. The lowest BCUT2D eigenvalue weighted by molar-refractivity contribution is 0.590. The number of sulfonamides is 1. The maximum Gasteiger partial charge on any atom is 0.264 e. The van der Waals surface area contributed by atoms with E-state index in [1.165, 1.54) is 4.31 Å². The second-order valence-corrected chi connectivity index (χ2v) is 7.40. The van der Waals surface area contributed by atoms with Crippen molar-refractivity contribution in [3.8, 4) is 0 Å². The Morgan fingerprint density at radius 2 is 1.81 bits per heavy atom. The van der Waals surface area contributed by atoms with E-state index in [2.05, 4.69) is 15.9 Å². The predicted molar refractivity (Wildman–Crippen MR) is 89.8 cm³/mol. The molecular weight excluding hydrogens is 352 g/mol. The Kier molecular flexibility index (Phi) is 4.90. The first kappa shape index (κ1) is 15.9. The highest BCUT2D eigenvalue weighted by Crippen LogP contribution is 2.26. The highest BCUT2D eigenvalue weighted by Gasteiger charge is 2.24. The van der Waals surface area contributed by atoms with Crippen molar-refractivity contribution >= 4 is 37.3 Å². The Hall–Kier alpha value is -1.53. The Labute approximate surface area is 133 Å². The van der Waals surface area contributed by atoms with Gasteiger partial charge in [0.05, 0.1) is 10.6 Å². The van der Waals surface area contributed by atoms with Gasteiger partial charge in [0.1, 0.15) is 0 Å². The Morgan fingerprint density at radius 3 is 2.38 bits per heavy atom. The summed E-state index contributed by atoms with van der Waals surface area (Å²) in [5.41, 5.74) is 6.89. The van der Waals surface area contributed by atoms with E-state index in [1.54, 1.807) is 48.5 Å². The zero-order valence-electron chi connectivity index (χ0n) is 11.7. The number of anilines is 2. The molecule has 0 amide bonds. The predicted octanol–water partition coefficient (Wildman–Crippen LogP) is 3.64. The minimum Gasteiger partial charge on any atom is -0.399 e. The van der Waals surface area contributed by atoms with Gasteiger partial charge in [0.2, 0.25) is 0 Å². The van der Waals surface area contributed by atoms with Crippen LogP contribution in [0.1, 0.15) is 13.3 Å². The lowest BCUT2D eigenvalue weighted by atomic mass is 10.3. The summed E-state index contributed by atoms with van der Waals surface area (Å²) in [5, 5.41) is 0. The van der Waals surface area contributed by atoms with Crippen molar-refractivity contribution in [1.82, 2.24) is 0 Å². The number of halogens is 1. The first-order valence-electron chi connectivity index (χ1n) is 6.59. The van der Waals surface area contributed by atoms with E-state index < -0.39 is 10.0 Å². The third-order valence-electron chi connectivity index (χ3n) is 2.99. The molecule has 0 atom stereocenters. The van der Waals surface area contributed by atoms with Crippen molar-refractivity contribution in [1.29, 1.82) is 0 Å². The van der Waals surface area contributed by atoms with Gasteiger partial charge in [-0.15, -0.1) is 0 Å². The molecule has 0 heterocycles. The SMILES string of the molecule is CCCN(c1cccc(N)c1)S(=O)(=O)c1ccc(Br)cc1. The highest BCUT2D eigenvalue weighted by atomic mass is 79.9. The van der Waals surface area contributed by atoms with Gasteiger partial charge in [0, 0.05) is 16.7 Å². The second kappa shape index (κ2) is 6.49. The van der Waals surface area contributed by atoms with Gasteiger partial charge in [-0.25, -0.2) is 8.42 Å². The van der Waals surface area contributed by atoms with Crippen LogP contribution in [0.25, 0.3) is 0 Å². The van der Waals surface area contributed by atoms with Gasteiger partial charge in [-0.2, -0.15) is 0 Å². The summed E-state index contributed by atoms with van der Waals surface area (Å²) in [6.45, 7) is 2.35. The lowest BCUT2D eigenvalue weighted by Gasteiger charge is -2.24. The van der Waals surface area contributed by atoms with Gasteiger partial charge in [0.15, 0.2) is 0 Å². The largest absolute Gasteiger partial charge is 0.399 e. The van der Waals surface area contributed by atoms with Crippen LogP contribution in [-0.2, 0) is 10.0 Å². The topological polar surface area (TPSA) is 63.4 Å². The maximum absolute atomic E-state index is 12.8. The quantitative estimate of drug-likeness (QED) is 0.819. The molecule has 2 rings (SSSR count). The van der Waals surface area contributed by atoms with Crippen LogP contribution in [0.4, 0.5) is 11.4 Å². The van der Waals surface area contributed by atoms with Crippen LogP contribution in [0.15, 0.2) is 57.9 Å². The van der Waals surface area contributed by atoms with Gasteiger partial charge >= 0.3 is 0 Å². The van der Waals surface area contributed by atoms with Gasteiger partial charge in [-0.05, 0) is 48.9 Å². The first-order valence-corrected chi connectivity index (χ1v) is 8.82. The molecule has 2 aromatic rings. The molecule has 2 N–H and O–H groups in total. The van der Waals surface area contributed by atoms with Crippen LogP contribution < -0.4 is 10.0 Å². The molecule has 21 heavy (non-hydrogen) atoms. The normalized spacial score (nSPS) is 11.3. The molecule has 6 heteroatoms. The molecule has 0 aliphatic carbocycles. The molecule has 0 saturated carbocycles. The van der Waals surface area contributed by atoms with Gasteiger partial charge < -0.3 is 5.73 Å². The highest BCUT2D eigenvalue weighted by molar-refractivity contribution is 9.10. The van der Waals surface area contributed by atoms with Crippen LogP contribution in [0.3, 0.4) is 0 Å². The van der Waals surface area contributed by atoms with Crippen LogP contribution in [-0.4, -0.2) is 15.0 Å². The summed E-state index contributed by atoms with van der Waals surface area (Å²) < 4.78 is 27.9. The fraction of sp³-hybridized carbons (Fsp3) is 0.200. The lowest BCUT2D eigenvalue weighted by Crippen LogP contribution is -2.31. The maximum atomic E-state index is 12.8. The average molecular weight is 369 g/mol. The number of nitrogens with two attached hydrogens (primary N) is 1. The molecule has 4 nitrogen and oxygen atoms in total. The number of nitrogens with zero attached hydrogens (tertiary/aromatic N) is 1. The van der Waals surface area contributed by atoms with Crippen molar-refractivity contribution in [3.05, 3.63) is 53.0 Å². The number of benzene rings is 2. The van der Waals surface area contributed by atoms with Gasteiger partial charge in [-0.3, -0.25) is 4.31 Å². The zero-order chi connectivity index (χ0) is 15.5. The molecule has 0 radical (unpaired) electrons. The number of hydrogen-bond donors (Lipinski definition) is 1. The summed E-state index contributed by atoms with van der Waals surface area (Å²) in [4.78, 5) is 0.265. The fourth-order valence-corrected chi connectivity index (χ4v) is 3.82. The van der Waals surface area contributed by atoms with Crippen LogP contribution in [0.2, 0.25) is 0 Å². The number of nitrogen functional groups attached to an aromatic ring is 1. The van der Waals surface area contributed by atoms with Crippen LogP contribution >= 0.6 is 15.9 Å². The molecular formula is C15H17BrN2O2S. The summed E-state index contributed by atoms with van der Waals surface area (Å²) in [6, 6.07) is 13.5. The van der Waals surface area contributed by atoms with E-state index in [0.29, 0.717) is 24.3 Å². The van der Waals surface area contributed by atoms with Crippen molar-refractivity contribution < 1.29 is 8.42 Å². The monoisotopic (exact) mass is 368 g/mol. The average Bonchev–Trinajstić information content (AvgIpc) is 2.45. The zero-order valence-corrected chi connectivity index (χ0v) is 14.1. The standard InChI is InChI=1S/C15H17BrN2O2S/c1-2-10-18(14-5-3-4-13(17)11-14)21(19,20)15-8-6-12(16)7-9-15/h3-9,11H,2,10,17H2,1H3. The second-order valence-electron chi connectivity index (χ2n) is 4.63. The third kappa shape index (κ3) is 3.57. The van der Waals surface area contributed by atoms with Gasteiger partial charge in [0.25, 0.3) is 10.0 Å².